The second-order valence-electron chi connectivity index (χ2n) is 8.45. The van der Waals surface area contributed by atoms with Crippen molar-refractivity contribution in [1.82, 2.24) is 29.7 Å². The van der Waals surface area contributed by atoms with Crippen molar-refractivity contribution in [3.8, 4) is 5.75 Å². The van der Waals surface area contributed by atoms with Crippen LogP contribution in [0.15, 0.2) is 30.7 Å². The first-order valence-electron chi connectivity index (χ1n) is 11.0. The molecular formula is C23H31N7O2. The molecule has 0 spiro atoms. The van der Waals surface area contributed by atoms with Gasteiger partial charge in [0.25, 0.3) is 5.91 Å². The summed E-state index contributed by atoms with van der Waals surface area (Å²) in [4.78, 5) is 22.0. The van der Waals surface area contributed by atoms with E-state index in [1.165, 1.54) is 6.33 Å². The predicted molar refractivity (Wildman–Crippen MR) is 125 cm³/mol. The number of piperazine rings is 1. The fourth-order valence-electron chi connectivity index (χ4n) is 3.98. The maximum atomic E-state index is 12.8. The van der Waals surface area contributed by atoms with Crippen LogP contribution in [-0.4, -0.2) is 81.7 Å². The summed E-state index contributed by atoms with van der Waals surface area (Å²) in [7, 11) is 2.15. The summed E-state index contributed by atoms with van der Waals surface area (Å²) in [6.45, 7) is 9.74. The number of nitrogens with zero attached hydrogens (tertiary/aromatic N) is 5. The normalized spacial score (nSPS) is 15.2. The predicted octanol–water partition coefficient (Wildman–Crippen LogP) is 2.16. The van der Waals surface area contributed by atoms with E-state index in [1.807, 2.05) is 26.0 Å². The van der Waals surface area contributed by atoms with Crippen molar-refractivity contribution in [2.45, 2.75) is 20.3 Å². The third-order valence-corrected chi connectivity index (χ3v) is 6.08. The number of rotatable bonds is 7. The maximum absolute atomic E-state index is 12.8. The summed E-state index contributed by atoms with van der Waals surface area (Å²) in [5, 5.41) is 20.5. The number of anilines is 2. The van der Waals surface area contributed by atoms with Gasteiger partial charge in [-0.05, 0) is 51.1 Å². The van der Waals surface area contributed by atoms with Crippen molar-refractivity contribution in [2.75, 3.05) is 51.6 Å². The molecule has 32 heavy (non-hydrogen) atoms. The van der Waals surface area contributed by atoms with E-state index in [0.29, 0.717) is 23.6 Å². The summed E-state index contributed by atoms with van der Waals surface area (Å²) in [5.41, 5.74) is 3.63. The third kappa shape index (κ3) is 4.84. The molecule has 0 aliphatic carbocycles. The molecule has 3 heterocycles. The number of hydrogen-bond acceptors (Lipinski definition) is 7. The SMILES string of the molecule is Cc1ccc(Nc2ncnn3cc(C(=O)NCCCN4CCN(C)CC4)c(C)c23)cc1O. The van der Waals surface area contributed by atoms with Crippen LogP contribution in [-0.2, 0) is 0 Å². The standard InChI is InChI=1S/C23H31N7O2/c1-16-5-6-18(13-20(16)31)27-22-21-17(2)19(14-30(21)26-15-25-22)23(32)24-7-4-8-29-11-9-28(3)10-12-29/h5-6,13-15,31H,4,7-12H2,1-3H3,(H,24,32)(H,25,26,27). The lowest BCUT2D eigenvalue weighted by molar-refractivity contribution is 0.0949. The zero-order chi connectivity index (χ0) is 22.7. The first-order valence-corrected chi connectivity index (χ1v) is 11.0. The number of phenols is 1. The van der Waals surface area contributed by atoms with Gasteiger partial charge < -0.3 is 25.5 Å². The van der Waals surface area contributed by atoms with Crippen LogP contribution in [0.1, 0.15) is 27.9 Å². The molecule has 1 aliphatic rings. The maximum Gasteiger partial charge on any atom is 0.253 e. The first kappa shape index (κ1) is 22.0. The van der Waals surface area contributed by atoms with Crippen LogP contribution in [0.3, 0.4) is 0 Å². The Labute approximate surface area is 188 Å². The van der Waals surface area contributed by atoms with Crippen molar-refractivity contribution in [1.29, 1.82) is 0 Å². The molecule has 1 aromatic carbocycles. The van der Waals surface area contributed by atoms with Gasteiger partial charge in [-0.2, -0.15) is 5.10 Å². The molecule has 9 heteroatoms. The highest BCUT2D eigenvalue weighted by Gasteiger charge is 2.18. The molecular weight excluding hydrogens is 406 g/mol. The summed E-state index contributed by atoms with van der Waals surface area (Å²) in [5.74, 6) is 0.684. The fourth-order valence-corrected chi connectivity index (χ4v) is 3.98. The second-order valence-corrected chi connectivity index (χ2v) is 8.45. The van der Waals surface area contributed by atoms with E-state index in [1.54, 1.807) is 16.8 Å². The molecule has 3 aromatic rings. The number of fused-ring (bicyclic) bond motifs is 1. The third-order valence-electron chi connectivity index (χ3n) is 6.08. The van der Waals surface area contributed by atoms with Gasteiger partial charge in [0.2, 0.25) is 0 Å². The van der Waals surface area contributed by atoms with Gasteiger partial charge in [-0.1, -0.05) is 6.07 Å². The van der Waals surface area contributed by atoms with Gasteiger partial charge in [0.05, 0.1) is 5.56 Å². The van der Waals surface area contributed by atoms with E-state index in [2.05, 4.69) is 37.6 Å². The molecule has 0 bridgehead atoms. The topological polar surface area (TPSA) is 98.0 Å². The zero-order valence-electron chi connectivity index (χ0n) is 18.9. The molecule has 0 saturated carbocycles. The number of benzene rings is 1. The molecule has 1 aliphatic heterocycles. The average molecular weight is 438 g/mol. The van der Waals surface area contributed by atoms with E-state index in [4.69, 9.17) is 0 Å². The molecule has 1 amide bonds. The Hall–Kier alpha value is -3.17. The number of carbonyl (C=O) groups excluding carboxylic acids is 1. The number of nitrogens with one attached hydrogen (secondary N) is 2. The van der Waals surface area contributed by atoms with Crippen molar-refractivity contribution in [3.05, 3.63) is 47.4 Å². The smallest absolute Gasteiger partial charge is 0.253 e. The van der Waals surface area contributed by atoms with Gasteiger partial charge in [0, 0.05) is 50.7 Å². The quantitative estimate of drug-likeness (QED) is 0.487. The fraction of sp³-hybridized carbons (Fsp3) is 0.435. The number of hydrogen-bond donors (Lipinski definition) is 3. The number of likely N-dealkylation sites (N-methyl/N-ethyl adjacent to an activating group) is 1. The van der Waals surface area contributed by atoms with E-state index in [0.717, 1.165) is 55.8 Å². The highest BCUT2D eigenvalue weighted by atomic mass is 16.3. The average Bonchev–Trinajstić information content (AvgIpc) is 3.12. The Balaban J connectivity index is 1.42. The second kappa shape index (κ2) is 9.54. The molecule has 170 valence electrons. The van der Waals surface area contributed by atoms with Gasteiger partial charge >= 0.3 is 0 Å². The summed E-state index contributed by atoms with van der Waals surface area (Å²) < 4.78 is 1.66. The molecule has 2 aromatic heterocycles. The minimum Gasteiger partial charge on any atom is -0.508 e. The molecule has 1 fully saturated rings. The molecule has 9 nitrogen and oxygen atoms in total. The van der Waals surface area contributed by atoms with Crippen LogP contribution < -0.4 is 10.6 Å². The molecule has 1 saturated heterocycles. The van der Waals surface area contributed by atoms with Crippen molar-refractivity contribution in [2.24, 2.45) is 0 Å². The monoisotopic (exact) mass is 437 g/mol. The Morgan fingerprint density at radius 3 is 2.72 bits per heavy atom. The molecule has 0 radical (unpaired) electrons. The van der Waals surface area contributed by atoms with Gasteiger partial charge in [0.15, 0.2) is 5.82 Å². The number of aromatic hydroxyl groups is 1. The molecule has 0 atom stereocenters. The molecule has 3 N–H and O–H groups in total. The minimum atomic E-state index is -0.106. The lowest BCUT2D eigenvalue weighted by Crippen LogP contribution is -2.45. The Morgan fingerprint density at radius 2 is 1.97 bits per heavy atom. The van der Waals surface area contributed by atoms with Crippen LogP contribution in [0.4, 0.5) is 11.5 Å². The van der Waals surface area contributed by atoms with Crippen LogP contribution in [0.25, 0.3) is 5.52 Å². The van der Waals surface area contributed by atoms with Crippen LogP contribution >= 0.6 is 0 Å². The highest BCUT2D eigenvalue weighted by Crippen LogP contribution is 2.27. The first-order chi connectivity index (χ1) is 15.4. The number of amides is 1. The van der Waals surface area contributed by atoms with Crippen LogP contribution in [0, 0.1) is 13.8 Å². The summed E-state index contributed by atoms with van der Waals surface area (Å²) in [6.07, 6.45) is 4.10. The lowest BCUT2D eigenvalue weighted by atomic mass is 10.1. The highest BCUT2D eigenvalue weighted by molar-refractivity contribution is 5.99. The van der Waals surface area contributed by atoms with Crippen molar-refractivity contribution >= 4 is 22.9 Å². The zero-order valence-corrected chi connectivity index (χ0v) is 18.9. The number of aromatic nitrogens is 3. The van der Waals surface area contributed by atoms with Gasteiger partial charge in [-0.15, -0.1) is 0 Å². The van der Waals surface area contributed by atoms with Crippen LogP contribution in [0.2, 0.25) is 0 Å². The van der Waals surface area contributed by atoms with E-state index >= 15 is 0 Å². The Kier molecular flexibility index (Phi) is 6.57. The van der Waals surface area contributed by atoms with Crippen molar-refractivity contribution in [3.63, 3.8) is 0 Å². The number of aryl methyl sites for hydroxylation is 2. The number of phenolic OH excluding ortho intramolecular Hbond substituents is 1. The van der Waals surface area contributed by atoms with E-state index < -0.39 is 0 Å². The summed E-state index contributed by atoms with van der Waals surface area (Å²) in [6, 6.07) is 5.36. The Morgan fingerprint density at radius 1 is 1.19 bits per heavy atom. The van der Waals surface area contributed by atoms with Gasteiger partial charge in [0.1, 0.15) is 17.6 Å². The minimum absolute atomic E-state index is 0.106. The van der Waals surface area contributed by atoms with Crippen LogP contribution in [0.5, 0.6) is 5.75 Å². The molecule has 0 unspecified atom stereocenters. The van der Waals surface area contributed by atoms with Gasteiger partial charge in [-0.3, -0.25) is 4.79 Å². The van der Waals surface area contributed by atoms with Gasteiger partial charge in [-0.25, -0.2) is 9.50 Å². The van der Waals surface area contributed by atoms with Crippen molar-refractivity contribution < 1.29 is 9.90 Å². The van der Waals surface area contributed by atoms with E-state index in [-0.39, 0.29) is 11.7 Å². The molecule has 4 rings (SSSR count). The number of carbonyl (C=O) groups is 1. The lowest BCUT2D eigenvalue weighted by Gasteiger charge is -2.32. The largest absolute Gasteiger partial charge is 0.508 e. The van der Waals surface area contributed by atoms with E-state index in [9.17, 15) is 9.90 Å². The summed E-state index contributed by atoms with van der Waals surface area (Å²) >= 11 is 0. The Bertz CT molecular complexity index is 1100.